The highest BCUT2D eigenvalue weighted by atomic mass is 16.6. The molecule has 37 heavy (non-hydrogen) atoms. The van der Waals surface area contributed by atoms with Crippen LogP contribution in [0.2, 0.25) is 0 Å². The van der Waals surface area contributed by atoms with E-state index < -0.39 is 23.4 Å². The molecule has 3 N–H and O–H groups in total. The molecule has 196 valence electrons. The number of nitrogens with zero attached hydrogens (tertiary/aromatic N) is 3. The Bertz CT molecular complexity index is 1360. The molecule has 3 rings (SSSR count). The van der Waals surface area contributed by atoms with Gasteiger partial charge in [-0.2, -0.15) is 10.00 Å². The lowest BCUT2D eigenvalue weighted by Gasteiger charge is -2.27. The second-order valence-electron chi connectivity index (χ2n) is 11.8. The molecule has 1 aromatic carbocycles. The molecule has 0 spiro atoms. The first-order valence-corrected chi connectivity index (χ1v) is 12.0. The van der Waals surface area contributed by atoms with Gasteiger partial charge in [0, 0.05) is 17.0 Å². The summed E-state index contributed by atoms with van der Waals surface area (Å²) >= 11 is 0. The molecule has 0 unspecified atom stereocenters. The van der Waals surface area contributed by atoms with Gasteiger partial charge in [-0.25, -0.2) is 14.6 Å². The van der Waals surface area contributed by atoms with Crippen LogP contribution in [0.25, 0.3) is 22.0 Å². The van der Waals surface area contributed by atoms with E-state index in [1.165, 1.54) is 0 Å². The quantitative estimate of drug-likeness (QED) is 0.393. The average molecular weight is 506 g/mol. The second-order valence-corrected chi connectivity index (χ2v) is 11.8. The van der Waals surface area contributed by atoms with E-state index in [4.69, 9.17) is 15.2 Å². The topological polar surface area (TPSA) is 123 Å². The number of carbonyl (C=O) groups is 2. The number of benzene rings is 1. The molecule has 0 fully saturated rings. The highest BCUT2D eigenvalue weighted by Crippen LogP contribution is 2.34. The lowest BCUT2D eigenvalue weighted by Crippen LogP contribution is -2.44. The molecule has 0 saturated carbocycles. The molecule has 0 bridgehead atoms. The lowest BCUT2D eigenvalue weighted by atomic mass is 9.96. The van der Waals surface area contributed by atoms with Crippen LogP contribution < -0.4 is 10.6 Å². The number of hydrogen-bond acceptors (Lipinski definition) is 7. The number of H-pyrrole nitrogens is 1. The summed E-state index contributed by atoms with van der Waals surface area (Å²) in [6.45, 7) is 16.3. The van der Waals surface area contributed by atoms with Crippen LogP contribution in [0.1, 0.15) is 67.9 Å². The van der Waals surface area contributed by atoms with Gasteiger partial charge in [-0.15, -0.1) is 0 Å². The first kappa shape index (κ1) is 27.5. The monoisotopic (exact) mass is 505 g/mol. The summed E-state index contributed by atoms with van der Waals surface area (Å²) in [5, 5.41) is 7.79. The molecule has 0 aliphatic heterocycles. The molecule has 2 amide bonds. The third-order valence-corrected chi connectivity index (χ3v) is 4.70. The van der Waals surface area contributed by atoms with Crippen LogP contribution in [0.4, 0.5) is 21.2 Å². The summed E-state index contributed by atoms with van der Waals surface area (Å²) in [4.78, 5) is 31.4. The van der Waals surface area contributed by atoms with E-state index in [9.17, 15) is 9.59 Å². The van der Waals surface area contributed by atoms with Gasteiger partial charge in [0.25, 0.3) is 0 Å². The molecule has 9 nitrogen and oxygen atoms in total. The summed E-state index contributed by atoms with van der Waals surface area (Å²) < 4.78 is 11.1. The summed E-state index contributed by atoms with van der Waals surface area (Å²) in [6.07, 6.45) is -0.202. The fourth-order valence-corrected chi connectivity index (χ4v) is 3.29. The lowest BCUT2D eigenvalue weighted by molar-refractivity contribution is 0.0429. The number of nitrogens with two attached hydrogens (primary N) is 1. The highest BCUT2D eigenvalue weighted by molar-refractivity contribution is 6.14. The number of anilines is 2. The minimum absolute atomic E-state index is 0.0428. The van der Waals surface area contributed by atoms with Gasteiger partial charge in [-0.3, -0.25) is 5.10 Å². The Morgan fingerprint density at radius 2 is 1.51 bits per heavy atom. The number of imide groups is 1. The van der Waals surface area contributed by atoms with Gasteiger partial charge >= 0.3 is 12.2 Å². The van der Waals surface area contributed by atoms with Crippen LogP contribution in [0.15, 0.2) is 30.5 Å². The number of rotatable bonds is 2. The Morgan fingerprint density at radius 3 is 2.03 bits per heavy atom. The zero-order valence-electron chi connectivity index (χ0n) is 22.9. The second kappa shape index (κ2) is 9.77. The predicted molar refractivity (Wildman–Crippen MR) is 145 cm³/mol. The molecule has 0 saturated heterocycles. The highest BCUT2D eigenvalue weighted by Gasteiger charge is 2.35. The first-order chi connectivity index (χ1) is 16.9. The number of aromatic nitrogens is 3. The van der Waals surface area contributed by atoms with Gasteiger partial charge < -0.3 is 15.2 Å². The van der Waals surface area contributed by atoms with E-state index in [0.717, 1.165) is 16.0 Å². The van der Waals surface area contributed by atoms with Crippen molar-refractivity contribution in [1.82, 2.24) is 15.2 Å². The largest absolute Gasteiger partial charge is 0.443 e. The molecule has 9 heteroatoms. The molecule has 0 aliphatic carbocycles. The fourth-order valence-electron chi connectivity index (χ4n) is 3.29. The summed E-state index contributed by atoms with van der Waals surface area (Å²) in [5.74, 6) is 6.86. The minimum atomic E-state index is -0.906. The Hall–Kier alpha value is -4.06. The number of amides is 2. The van der Waals surface area contributed by atoms with Gasteiger partial charge in [0.05, 0.1) is 11.1 Å². The molecule has 0 aliphatic rings. The SMILES string of the molecule is CC(C)(C)C#Cc1cc(-c2ccnc(N)c2)cc2c(N(C(=O)OC(C)(C)C)C(=O)OC(C)(C)C)n[nH]c12. The van der Waals surface area contributed by atoms with E-state index in [1.807, 2.05) is 39.0 Å². The zero-order chi connectivity index (χ0) is 27.8. The Balaban J connectivity index is 2.30. The van der Waals surface area contributed by atoms with E-state index in [-0.39, 0.29) is 11.2 Å². The standard InChI is InChI=1S/C28H35N5O4/c1-26(2,3)12-10-18-14-19(17-11-13-30-21(29)16-17)15-20-22(18)31-32-23(20)33(24(34)36-27(4,5)6)25(35)37-28(7,8)9/h11,13-16H,1-9H3,(H2,29,30)(H,31,32). The molecule has 0 radical (unpaired) electrons. The maximum Gasteiger partial charge on any atom is 0.425 e. The number of aromatic amines is 1. The van der Waals surface area contributed by atoms with Crippen LogP contribution in [0.3, 0.4) is 0 Å². The van der Waals surface area contributed by atoms with Crippen LogP contribution in [-0.4, -0.2) is 38.6 Å². The smallest absolute Gasteiger partial charge is 0.425 e. The van der Waals surface area contributed by atoms with Crippen molar-refractivity contribution in [1.29, 1.82) is 0 Å². The van der Waals surface area contributed by atoms with Crippen LogP contribution in [0, 0.1) is 17.3 Å². The fraction of sp³-hybridized carbons (Fsp3) is 0.429. The number of ether oxygens (including phenoxy) is 2. The van der Waals surface area contributed by atoms with Crippen molar-refractivity contribution in [3.05, 3.63) is 36.0 Å². The Kier molecular flexibility index (Phi) is 7.27. The third-order valence-electron chi connectivity index (χ3n) is 4.70. The van der Waals surface area contributed by atoms with Crippen molar-refractivity contribution in [3.63, 3.8) is 0 Å². The number of nitrogens with one attached hydrogen (secondary N) is 1. The van der Waals surface area contributed by atoms with Crippen LogP contribution in [-0.2, 0) is 9.47 Å². The van der Waals surface area contributed by atoms with E-state index in [2.05, 4.69) is 27.0 Å². The summed E-state index contributed by atoms with van der Waals surface area (Å²) in [7, 11) is 0. The Morgan fingerprint density at radius 1 is 0.919 bits per heavy atom. The number of pyridine rings is 1. The van der Waals surface area contributed by atoms with Gasteiger partial charge in [0.15, 0.2) is 5.82 Å². The Labute approximate surface area is 217 Å². The van der Waals surface area contributed by atoms with Gasteiger partial charge in [0.2, 0.25) is 0 Å². The summed E-state index contributed by atoms with van der Waals surface area (Å²) in [6, 6.07) is 7.27. The first-order valence-electron chi connectivity index (χ1n) is 12.0. The molecule has 2 heterocycles. The van der Waals surface area contributed by atoms with Crippen molar-refractivity contribution in [3.8, 4) is 23.0 Å². The number of fused-ring (bicyclic) bond motifs is 1. The number of carbonyl (C=O) groups excluding carboxylic acids is 2. The normalized spacial score (nSPS) is 12.0. The van der Waals surface area contributed by atoms with Crippen molar-refractivity contribution in [2.24, 2.45) is 5.41 Å². The average Bonchev–Trinajstić information content (AvgIpc) is 3.12. The number of hydrogen-bond donors (Lipinski definition) is 2. The molecular weight excluding hydrogens is 470 g/mol. The van der Waals surface area contributed by atoms with E-state index >= 15 is 0 Å². The maximum atomic E-state index is 13.3. The van der Waals surface area contributed by atoms with Crippen molar-refractivity contribution in [2.75, 3.05) is 10.6 Å². The molecule has 2 aromatic heterocycles. The van der Waals surface area contributed by atoms with Crippen molar-refractivity contribution >= 4 is 34.7 Å². The minimum Gasteiger partial charge on any atom is -0.443 e. The van der Waals surface area contributed by atoms with Crippen molar-refractivity contribution in [2.45, 2.75) is 73.5 Å². The van der Waals surface area contributed by atoms with Crippen molar-refractivity contribution < 1.29 is 19.1 Å². The van der Waals surface area contributed by atoms with E-state index in [0.29, 0.717) is 22.3 Å². The van der Waals surface area contributed by atoms with Gasteiger partial charge in [0.1, 0.15) is 17.0 Å². The molecule has 0 atom stereocenters. The summed E-state index contributed by atoms with van der Waals surface area (Å²) in [5.41, 5.74) is 6.72. The molecule has 3 aromatic rings. The van der Waals surface area contributed by atoms with Crippen LogP contribution in [0.5, 0.6) is 0 Å². The van der Waals surface area contributed by atoms with Crippen LogP contribution >= 0.6 is 0 Å². The van der Waals surface area contributed by atoms with Gasteiger partial charge in [-0.05, 0) is 97.7 Å². The van der Waals surface area contributed by atoms with E-state index in [1.54, 1.807) is 53.8 Å². The maximum absolute atomic E-state index is 13.3. The third kappa shape index (κ3) is 7.23. The zero-order valence-corrected chi connectivity index (χ0v) is 22.9. The molecular formula is C28H35N5O4. The predicted octanol–water partition coefficient (Wildman–Crippen LogP) is 6.28. The number of nitrogen functional groups attached to an aromatic ring is 1. The van der Waals surface area contributed by atoms with Gasteiger partial charge in [-0.1, -0.05) is 11.8 Å².